The number of nitrogens with zero attached hydrogens (tertiary/aromatic N) is 1. The van der Waals surface area contributed by atoms with E-state index in [2.05, 4.69) is 5.32 Å². The van der Waals surface area contributed by atoms with Gasteiger partial charge >= 0.3 is 0 Å². The highest BCUT2D eigenvalue weighted by Gasteiger charge is 2.26. The Morgan fingerprint density at radius 2 is 1.79 bits per heavy atom. The SMILES string of the molecule is CC(NC(=O)c1cccc(S(=O)(=O)N2CCCCC2)c1)c1ccc(F)cc1F. The number of benzene rings is 2. The third kappa shape index (κ3) is 4.39. The van der Waals surface area contributed by atoms with Gasteiger partial charge in [0.15, 0.2) is 0 Å². The van der Waals surface area contributed by atoms with E-state index in [0.29, 0.717) is 13.1 Å². The van der Waals surface area contributed by atoms with Gasteiger partial charge in [0, 0.05) is 30.3 Å². The van der Waals surface area contributed by atoms with E-state index in [1.54, 1.807) is 6.92 Å². The summed E-state index contributed by atoms with van der Waals surface area (Å²) in [6, 6.07) is 8.23. The zero-order chi connectivity index (χ0) is 20.3. The lowest BCUT2D eigenvalue weighted by atomic mass is 10.1. The lowest BCUT2D eigenvalue weighted by Crippen LogP contribution is -2.35. The zero-order valence-corrected chi connectivity index (χ0v) is 16.3. The number of hydrogen-bond donors (Lipinski definition) is 1. The summed E-state index contributed by atoms with van der Waals surface area (Å²) in [5.74, 6) is -1.99. The fourth-order valence-corrected chi connectivity index (χ4v) is 4.83. The molecule has 28 heavy (non-hydrogen) atoms. The number of rotatable bonds is 5. The maximum Gasteiger partial charge on any atom is 0.251 e. The Labute approximate surface area is 163 Å². The average molecular weight is 408 g/mol. The molecule has 3 rings (SSSR count). The molecule has 0 spiro atoms. The van der Waals surface area contributed by atoms with Gasteiger partial charge in [0.1, 0.15) is 11.6 Å². The molecule has 0 aromatic heterocycles. The van der Waals surface area contributed by atoms with Gasteiger partial charge in [0.25, 0.3) is 5.91 Å². The summed E-state index contributed by atoms with van der Waals surface area (Å²) in [5, 5.41) is 2.62. The van der Waals surface area contributed by atoms with E-state index < -0.39 is 33.6 Å². The molecule has 1 aliphatic rings. The van der Waals surface area contributed by atoms with Gasteiger partial charge in [-0.25, -0.2) is 17.2 Å². The maximum atomic E-state index is 13.9. The number of sulfonamides is 1. The minimum absolute atomic E-state index is 0.0580. The van der Waals surface area contributed by atoms with Gasteiger partial charge in [-0.3, -0.25) is 4.79 Å². The molecule has 1 unspecified atom stereocenters. The second-order valence-electron chi connectivity index (χ2n) is 6.85. The third-order valence-electron chi connectivity index (χ3n) is 4.83. The minimum atomic E-state index is -3.66. The predicted molar refractivity (Wildman–Crippen MR) is 101 cm³/mol. The van der Waals surface area contributed by atoms with Crippen molar-refractivity contribution in [2.75, 3.05) is 13.1 Å². The summed E-state index contributed by atoms with van der Waals surface area (Å²) in [6.45, 7) is 2.52. The smallest absolute Gasteiger partial charge is 0.251 e. The van der Waals surface area contributed by atoms with Crippen LogP contribution in [-0.4, -0.2) is 31.7 Å². The van der Waals surface area contributed by atoms with Crippen LogP contribution in [0.1, 0.15) is 48.1 Å². The fraction of sp³-hybridized carbons (Fsp3) is 0.350. The predicted octanol–water partition coefficient (Wildman–Crippen LogP) is 3.63. The molecule has 0 bridgehead atoms. The monoisotopic (exact) mass is 408 g/mol. The van der Waals surface area contributed by atoms with Crippen LogP contribution in [0.2, 0.25) is 0 Å². The molecular formula is C20H22F2N2O3S. The van der Waals surface area contributed by atoms with Crippen LogP contribution in [0.3, 0.4) is 0 Å². The highest BCUT2D eigenvalue weighted by molar-refractivity contribution is 7.89. The summed E-state index contributed by atoms with van der Waals surface area (Å²) >= 11 is 0. The normalized spacial score (nSPS) is 16.5. The Morgan fingerprint density at radius 3 is 2.46 bits per heavy atom. The second-order valence-corrected chi connectivity index (χ2v) is 8.79. The Morgan fingerprint density at radius 1 is 1.07 bits per heavy atom. The van der Waals surface area contributed by atoms with E-state index in [9.17, 15) is 22.0 Å². The van der Waals surface area contributed by atoms with E-state index in [1.807, 2.05) is 0 Å². The number of hydrogen-bond acceptors (Lipinski definition) is 3. The first-order chi connectivity index (χ1) is 13.3. The van der Waals surface area contributed by atoms with Crippen LogP contribution in [0, 0.1) is 11.6 Å². The Balaban J connectivity index is 1.78. The van der Waals surface area contributed by atoms with Crippen molar-refractivity contribution < 1.29 is 22.0 Å². The van der Waals surface area contributed by atoms with Gasteiger partial charge in [-0.05, 0) is 44.0 Å². The first-order valence-corrected chi connectivity index (χ1v) is 10.6. The van der Waals surface area contributed by atoms with Gasteiger partial charge < -0.3 is 5.32 Å². The van der Waals surface area contributed by atoms with E-state index in [1.165, 1.54) is 34.6 Å². The van der Waals surface area contributed by atoms with Crippen LogP contribution in [0.25, 0.3) is 0 Å². The lowest BCUT2D eigenvalue weighted by molar-refractivity contribution is 0.0939. The van der Waals surface area contributed by atoms with Crippen molar-refractivity contribution >= 4 is 15.9 Å². The van der Waals surface area contributed by atoms with Crippen molar-refractivity contribution in [3.8, 4) is 0 Å². The zero-order valence-electron chi connectivity index (χ0n) is 15.5. The standard InChI is InChI=1S/C20H22F2N2O3S/c1-14(18-9-8-16(21)13-19(18)22)23-20(25)15-6-5-7-17(12-15)28(26,27)24-10-3-2-4-11-24/h5-9,12-14H,2-4,10-11H2,1H3,(H,23,25). The number of carbonyl (C=O) groups is 1. The third-order valence-corrected chi connectivity index (χ3v) is 6.72. The van der Waals surface area contributed by atoms with Crippen LogP contribution in [0.15, 0.2) is 47.4 Å². The summed E-state index contributed by atoms with van der Waals surface area (Å²) in [7, 11) is -3.66. The van der Waals surface area contributed by atoms with Crippen molar-refractivity contribution in [3.05, 3.63) is 65.2 Å². The van der Waals surface area contributed by atoms with Gasteiger partial charge in [0.2, 0.25) is 10.0 Å². The molecule has 0 radical (unpaired) electrons. The molecule has 1 amide bonds. The molecule has 1 N–H and O–H groups in total. The molecule has 1 heterocycles. The van der Waals surface area contributed by atoms with Gasteiger partial charge in [-0.15, -0.1) is 0 Å². The minimum Gasteiger partial charge on any atom is -0.345 e. The van der Waals surface area contributed by atoms with Gasteiger partial charge in [-0.1, -0.05) is 18.6 Å². The molecular weight excluding hydrogens is 386 g/mol. The largest absolute Gasteiger partial charge is 0.345 e. The summed E-state index contributed by atoms with van der Waals surface area (Å²) < 4.78 is 54.0. The average Bonchev–Trinajstić information content (AvgIpc) is 2.68. The van der Waals surface area contributed by atoms with Crippen LogP contribution >= 0.6 is 0 Å². The van der Waals surface area contributed by atoms with E-state index >= 15 is 0 Å². The van der Waals surface area contributed by atoms with Crippen LogP contribution in [-0.2, 0) is 10.0 Å². The molecule has 1 saturated heterocycles. The first-order valence-electron chi connectivity index (χ1n) is 9.15. The summed E-state index contributed by atoms with van der Waals surface area (Å²) in [5.41, 5.74) is 0.305. The number of halogens is 2. The van der Waals surface area contributed by atoms with Crippen molar-refractivity contribution in [1.82, 2.24) is 9.62 Å². The molecule has 0 aliphatic carbocycles. The summed E-state index contributed by atoms with van der Waals surface area (Å²) in [4.78, 5) is 12.6. The Kier molecular flexibility index (Phi) is 6.10. The molecule has 8 heteroatoms. The second kappa shape index (κ2) is 8.36. The fourth-order valence-electron chi connectivity index (χ4n) is 3.26. The maximum absolute atomic E-state index is 13.9. The molecule has 1 atom stereocenters. The first kappa shape index (κ1) is 20.4. The number of amides is 1. The highest BCUT2D eigenvalue weighted by atomic mass is 32.2. The van der Waals surface area contributed by atoms with E-state index in [0.717, 1.165) is 31.4 Å². The summed E-state index contributed by atoms with van der Waals surface area (Å²) in [6.07, 6.45) is 2.65. The van der Waals surface area contributed by atoms with Crippen molar-refractivity contribution in [2.45, 2.75) is 37.1 Å². The van der Waals surface area contributed by atoms with Crippen molar-refractivity contribution in [3.63, 3.8) is 0 Å². The molecule has 2 aromatic carbocycles. The number of carbonyl (C=O) groups excluding carboxylic acids is 1. The van der Waals surface area contributed by atoms with Crippen molar-refractivity contribution in [2.24, 2.45) is 0 Å². The number of nitrogens with one attached hydrogen (secondary N) is 1. The number of piperidine rings is 1. The molecule has 1 aliphatic heterocycles. The Hall–Kier alpha value is -2.32. The van der Waals surface area contributed by atoms with Crippen LogP contribution < -0.4 is 5.32 Å². The molecule has 2 aromatic rings. The molecule has 1 fully saturated rings. The van der Waals surface area contributed by atoms with Gasteiger partial charge in [0.05, 0.1) is 10.9 Å². The van der Waals surface area contributed by atoms with Gasteiger partial charge in [-0.2, -0.15) is 4.31 Å². The Bertz CT molecular complexity index is 973. The molecule has 0 saturated carbocycles. The molecule has 5 nitrogen and oxygen atoms in total. The van der Waals surface area contributed by atoms with E-state index in [4.69, 9.17) is 0 Å². The van der Waals surface area contributed by atoms with Crippen molar-refractivity contribution in [1.29, 1.82) is 0 Å². The van der Waals surface area contributed by atoms with Crippen LogP contribution in [0.4, 0.5) is 8.78 Å². The topological polar surface area (TPSA) is 66.5 Å². The lowest BCUT2D eigenvalue weighted by Gasteiger charge is -2.26. The van der Waals surface area contributed by atoms with Crippen LogP contribution in [0.5, 0.6) is 0 Å². The molecule has 150 valence electrons. The van der Waals surface area contributed by atoms with E-state index in [-0.39, 0.29) is 16.0 Å². The quantitative estimate of drug-likeness (QED) is 0.822. The highest BCUT2D eigenvalue weighted by Crippen LogP contribution is 2.22.